The SMILES string of the molecule is Cc1cnc(NC(=O)CCc2cc3c(C)cc(=O)oc3cc2OC(C)C)s1. The van der Waals surface area contributed by atoms with E-state index in [1.807, 2.05) is 33.8 Å². The van der Waals surface area contributed by atoms with Gasteiger partial charge in [-0.3, -0.25) is 4.79 Å². The highest BCUT2D eigenvalue weighted by Crippen LogP contribution is 2.29. The Kier molecular flexibility index (Phi) is 5.60. The van der Waals surface area contributed by atoms with Crippen LogP contribution in [0.1, 0.15) is 36.3 Å². The predicted octanol–water partition coefficient (Wildman–Crippen LogP) is 4.22. The Morgan fingerprint density at radius 1 is 1.30 bits per heavy atom. The summed E-state index contributed by atoms with van der Waals surface area (Å²) in [6.45, 7) is 7.66. The highest BCUT2D eigenvalue weighted by atomic mass is 32.1. The summed E-state index contributed by atoms with van der Waals surface area (Å²) in [7, 11) is 0. The average Bonchev–Trinajstić information content (AvgIpc) is 2.97. The summed E-state index contributed by atoms with van der Waals surface area (Å²) in [5.74, 6) is 0.528. The predicted molar refractivity (Wildman–Crippen MR) is 107 cm³/mol. The molecule has 1 amide bonds. The molecule has 0 spiro atoms. The van der Waals surface area contributed by atoms with Gasteiger partial charge in [0.25, 0.3) is 0 Å². The van der Waals surface area contributed by atoms with E-state index in [0.717, 1.165) is 21.4 Å². The van der Waals surface area contributed by atoms with Crippen LogP contribution in [0.15, 0.2) is 33.6 Å². The van der Waals surface area contributed by atoms with Crippen LogP contribution in [0.3, 0.4) is 0 Å². The van der Waals surface area contributed by atoms with Gasteiger partial charge in [-0.2, -0.15) is 0 Å². The fraction of sp³-hybridized carbons (Fsp3) is 0.350. The van der Waals surface area contributed by atoms with Crippen molar-refractivity contribution in [2.75, 3.05) is 5.32 Å². The monoisotopic (exact) mass is 386 g/mol. The standard InChI is InChI=1S/C20H22N2O4S/c1-11(2)25-16-9-17-15(12(3)7-19(24)26-17)8-14(16)5-6-18(23)22-20-21-10-13(4)27-20/h7-11H,5-6H2,1-4H3,(H,21,22,23). The molecule has 0 aliphatic rings. The van der Waals surface area contributed by atoms with Crippen LogP contribution in [0.2, 0.25) is 0 Å². The molecule has 1 N–H and O–H groups in total. The third-order valence-electron chi connectivity index (χ3n) is 3.98. The first-order valence-electron chi connectivity index (χ1n) is 8.78. The Hall–Kier alpha value is -2.67. The Morgan fingerprint density at radius 3 is 2.74 bits per heavy atom. The van der Waals surface area contributed by atoms with Crippen LogP contribution >= 0.6 is 11.3 Å². The van der Waals surface area contributed by atoms with E-state index in [2.05, 4.69) is 10.3 Å². The fourth-order valence-corrected chi connectivity index (χ4v) is 3.47. The van der Waals surface area contributed by atoms with E-state index in [1.54, 1.807) is 12.3 Å². The van der Waals surface area contributed by atoms with Crippen molar-refractivity contribution in [3.05, 3.63) is 50.8 Å². The van der Waals surface area contributed by atoms with Gasteiger partial charge < -0.3 is 14.5 Å². The second-order valence-electron chi connectivity index (χ2n) is 6.70. The van der Waals surface area contributed by atoms with Crippen molar-refractivity contribution in [1.29, 1.82) is 0 Å². The number of hydrogen-bond acceptors (Lipinski definition) is 6. The number of fused-ring (bicyclic) bond motifs is 1. The van der Waals surface area contributed by atoms with Gasteiger partial charge in [0, 0.05) is 35.0 Å². The first-order valence-corrected chi connectivity index (χ1v) is 9.60. The maximum Gasteiger partial charge on any atom is 0.336 e. The van der Waals surface area contributed by atoms with E-state index in [-0.39, 0.29) is 17.6 Å². The van der Waals surface area contributed by atoms with Crippen LogP contribution in [0.5, 0.6) is 5.75 Å². The van der Waals surface area contributed by atoms with Crippen LogP contribution in [0.4, 0.5) is 5.13 Å². The second kappa shape index (κ2) is 7.92. The Morgan fingerprint density at radius 2 is 2.07 bits per heavy atom. The minimum atomic E-state index is -0.388. The molecule has 3 aromatic rings. The summed E-state index contributed by atoms with van der Waals surface area (Å²) in [5.41, 5.74) is 1.84. The van der Waals surface area contributed by atoms with Gasteiger partial charge >= 0.3 is 5.63 Å². The zero-order valence-corrected chi connectivity index (χ0v) is 16.6. The summed E-state index contributed by atoms with van der Waals surface area (Å²) in [6, 6.07) is 5.14. The van der Waals surface area contributed by atoms with E-state index in [0.29, 0.717) is 29.3 Å². The Balaban J connectivity index is 1.84. The summed E-state index contributed by atoms with van der Waals surface area (Å²) in [5, 5.41) is 4.27. The van der Waals surface area contributed by atoms with E-state index in [4.69, 9.17) is 9.15 Å². The van der Waals surface area contributed by atoms with Gasteiger partial charge in [-0.1, -0.05) is 0 Å². The van der Waals surface area contributed by atoms with Crippen LogP contribution in [-0.4, -0.2) is 17.0 Å². The molecule has 0 bridgehead atoms. The van der Waals surface area contributed by atoms with Crippen molar-refractivity contribution in [3.63, 3.8) is 0 Å². The van der Waals surface area contributed by atoms with Crippen LogP contribution < -0.4 is 15.7 Å². The van der Waals surface area contributed by atoms with Crippen molar-refractivity contribution >= 4 is 33.3 Å². The molecule has 2 aromatic heterocycles. The molecule has 0 saturated heterocycles. The molecule has 2 heterocycles. The molecule has 0 radical (unpaired) electrons. The normalized spacial score (nSPS) is 11.1. The topological polar surface area (TPSA) is 81.4 Å². The molecular weight excluding hydrogens is 364 g/mol. The molecule has 27 heavy (non-hydrogen) atoms. The number of aryl methyl sites for hydroxylation is 3. The third-order valence-corrected chi connectivity index (χ3v) is 4.81. The number of aromatic nitrogens is 1. The first kappa shape index (κ1) is 19.1. The van der Waals surface area contributed by atoms with Gasteiger partial charge in [-0.05, 0) is 51.3 Å². The Bertz CT molecular complexity index is 1040. The third kappa shape index (κ3) is 4.74. The number of anilines is 1. The van der Waals surface area contributed by atoms with Crippen molar-refractivity contribution in [1.82, 2.24) is 4.98 Å². The molecule has 0 saturated carbocycles. The molecule has 7 heteroatoms. The van der Waals surface area contributed by atoms with Crippen LogP contribution in [0, 0.1) is 13.8 Å². The summed E-state index contributed by atoms with van der Waals surface area (Å²) in [6.07, 6.45) is 2.50. The molecule has 3 rings (SSSR count). The van der Waals surface area contributed by atoms with E-state index < -0.39 is 0 Å². The fourth-order valence-electron chi connectivity index (χ4n) is 2.79. The average molecular weight is 386 g/mol. The quantitative estimate of drug-likeness (QED) is 0.641. The number of ether oxygens (including phenoxy) is 1. The molecule has 0 unspecified atom stereocenters. The molecular formula is C20H22N2O4S. The number of amides is 1. The van der Waals surface area contributed by atoms with Crippen molar-refractivity contribution in [2.24, 2.45) is 0 Å². The number of carbonyl (C=O) groups excluding carboxylic acids is 1. The number of benzene rings is 1. The lowest BCUT2D eigenvalue weighted by molar-refractivity contribution is -0.116. The smallest absolute Gasteiger partial charge is 0.336 e. The van der Waals surface area contributed by atoms with Crippen molar-refractivity contribution in [3.8, 4) is 5.75 Å². The number of rotatable bonds is 6. The lowest BCUT2D eigenvalue weighted by Gasteiger charge is -2.15. The minimum absolute atomic E-state index is 0.0372. The maximum absolute atomic E-state index is 12.3. The molecule has 6 nitrogen and oxygen atoms in total. The lowest BCUT2D eigenvalue weighted by atomic mass is 10.0. The summed E-state index contributed by atoms with van der Waals surface area (Å²) in [4.78, 5) is 29.1. The second-order valence-corrected chi connectivity index (χ2v) is 7.93. The first-order chi connectivity index (χ1) is 12.8. The number of nitrogens with zero attached hydrogens (tertiary/aromatic N) is 1. The number of nitrogens with one attached hydrogen (secondary N) is 1. The van der Waals surface area contributed by atoms with Gasteiger partial charge in [0.15, 0.2) is 5.13 Å². The van der Waals surface area contributed by atoms with Gasteiger partial charge in [0.1, 0.15) is 11.3 Å². The van der Waals surface area contributed by atoms with Gasteiger partial charge in [-0.25, -0.2) is 9.78 Å². The maximum atomic E-state index is 12.3. The van der Waals surface area contributed by atoms with Gasteiger partial charge in [0.2, 0.25) is 5.91 Å². The van der Waals surface area contributed by atoms with Gasteiger partial charge in [0.05, 0.1) is 6.10 Å². The zero-order valence-electron chi connectivity index (χ0n) is 15.8. The molecule has 0 aliphatic heterocycles. The van der Waals surface area contributed by atoms with Crippen LogP contribution in [0.25, 0.3) is 11.0 Å². The van der Waals surface area contributed by atoms with Crippen molar-refractivity contribution < 1.29 is 13.9 Å². The summed E-state index contributed by atoms with van der Waals surface area (Å²) >= 11 is 1.44. The van der Waals surface area contributed by atoms with Crippen LogP contribution in [-0.2, 0) is 11.2 Å². The molecule has 0 aliphatic carbocycles. The molecule has 142 valence electrons. The lowest BCUT2D eigenvalue weighted by Crippen LogP contribution is -2.13. The Labute approximate surface area is 161 Å². The van der Waals surface area contributed by atoms with E-state index in [9.17, 15) is 9.59 Å². The molecule has 1 aromatic carbocycles. The number of thiazole rings is 1. The van der Waals surface area contributed by atoms with E-state index in [1.165, 1.54) is 17.4 Å². The highest BCUT2D eigenvalue weighted by molar-refractivity contribution is 7.15. The highest BCUT2D eigenvalue weighted by Gasteiger charge is 2.14. The molecule has 0 atom stereocenters. The van der Waals surface area contributed by atoms with Crippen molar-refractivity contribution in [2.45, 2.75) is 46.6 Å². The minimum Gasteiger partial charge on any atom is -0.491 e. The van der Waals surface area contributed by atoms with E-state index >= 15 is 0 Å². The number of hydrogen-bond donors (Lipinski definition) is 1. The largest absolute Gasteiger partial charge is 0.491 e. The van der Waals surface area contributed by atoms with Gasteiger partial charge in [-0.15, -0.1) is 11.3 Å². The number of carbonyl (C=O) groups is 1. The zero-order chi connectivity index (χ0) is 19.6. The summed E-state index contributed by atoms with van der Waals surface area (Å²) < 4.78 is 11.2. The molecule has 0 fully saturated rings.